The van der Waals surface area contributed by atoms with Gasteiger partial charge in [0, 0.05) is 38.6 Å². The number of hydrogen-bond acceptors (Lipinski definition) is 3. The third-order valence-corrected chi connectivity index (χ3v) is 6.28. The molecule has 2 rings (SSSR count). The van der Waals surface area contributed by atoms with Gasteiger partial charge in [-0.15, -0.1) is 0 Å². The fourth-order valence-electron chi connectivity index (χ4n) is 2.55. The van der Waals surface area contributed by atoms with Crippen LogP contribution in [0.3, 0.4) is 0 Å². The van der Waals surface area contributed by atoms with E-state index >= 15 is 0 Å². The van der Waals surface area contributed by atoms with Crippen molar-refractivity contribution in [2.24, 2.45) is 13.0 Å². The van der Waals surface area contributed by atoms with Gasteiger partial charge in [0.25, 0.3) is 0 Å². The summed E-state index contributed by atoms with van der Waals surface area (Å²) in [5.41, 5.74) is 0.995. The molecule has 21 heavy (non-hydrogen) atoms. The molecule has 1 aliphatic carbocycles. The van der Waals surface area contributed by atoms with Crippen LogP contribution in [0.4, 0.5) is 0 Å². The number of nitrogens with zero attached hydrogens (tertiary/aromatic N) is 2. The quantitative estimate of drug-likeness (QED) is 0.746. The zero-order chi connectivity index (χ0) is 15.6. The summed E-state index contributed by atoms with van der Waals surface area (Å²) in [5.74, 6) is 0.527. The van der Waals surface area contributed by atoms with E-state index in [-0.39, 0.29) is 6.04 Å². The fourth-order valence-corrected chi connectivity index (χ4v) is 4.07. The second-order valence-electron chi connectivity index (χ2n) is 6.05. The van der Waals surface area contributed by atoms with Gasteiger partial charge in [0.15, 0.2) is 0 Å². The number of aromatic nitrogens is 1. The Kier molecular flexibility index (Phi) is 5.11. The zero-order valence-electron chi connectivity index (χ0n) is 13.5. The van der Waals surface area contributed by atoms with Gasteiger partial charge in [-0.2, -0.15) is 4.31 Å². The van der Waals surface area contributed by atoms with E-state index in [1.165, 1.54) is 4.31 Å². The van der Waals surface area contributed by atoms with Gasteiger partial charge in [-0.3, -0.25) is 0 Å². The predicted molar refractivity (Wildman–Crippen MR) is 84.5 cm³/mol. The van der Waals surface area contributed by atoms with Crippen LogP contribution in [0, 0.1) is 5.92 Å². The highest BCUT2D eigenvalue weighted by Gasteiger charge is 2.36. The first-order valence-corrected chi connectivity index (χ1v) is 9.16. The Labute approximate surface area is 128 Å². The van der Waals surface area contributed by atoms with Crippen LogP contribution in [0.15, 0.2) is 17.2 Å². The topological polar surface area (TPSA) is 54.3 Å². The van der Waals surface area contributed by atoms with E-state index in [0.29, 0.717) is 17.4 Å². The minimum Gasteiger partial charge on any atom is -0.352 e. The number of rotatable bonds is 8. The Balaban J connectivity index is 2.14. The van der Waals surface area contributed by atoms with Crippen molar-refractivity contribution >= 4 is 10.0 Å². The molecule has 5 nitrogen and oxygen atoms in total. The monoisotopic (exact) mass is 313 g/mol. The van der Waals surface area contributed by atoms with Crippen molar-refractivity contribution in [2.75, 3.05) is 13.6 Å². The van der Waals surface area contributed by atoms with Crippen LogP contribution in [0.1, 0.15) is 38.8 Å². The van der Waals surface area contributed by atoms with Gasteiger partial charge in [-0.1, -0.05) is 6.92 Å². The summed E-state index contributed by atoms with van der Waals surface area (Å²) in [5, 5.41) is 3.31. The molecule has 0 spiro atoms. The van der Waals surface area contributed by atoms with Crippen molar-refractivity contribution in [3.05, 3.63) is 18.0 Å². The Hall–Kier alpha value is -0.850. The van der Waals surface area contributed by atoms with Crippen molar-refractivity contribution in [3.8, 4) is 0 Å². The molecule has 1 fully saturated rings. The van der Waals surface area contributed by atoms with E-state index in [4.69, 9.17) is 0 Å². The lowest BCUT2D eigenvalue weighted by Crippen LogP contribution is -2.36. The zero-order valence-corrected chi connectivity index (χ0v) is 14.3. The van der Waals surface area contributed by atoms with E-state index in [2.05, 4.69) is 12.2 Å². The maximum Gasteiger partial charge on any atom is 0.244 e. The standard InChI is InChI=1S/C15H27N3O2S/c1-5-8-16-10-14-9-15(11-17(14)3)21(19,20)18(4)12(2)13-6-7-13/h9,11-13,16H,5-8,10H2,1-4H3. The molecule has 1 unspecified atom stereocenters. The fraction of sp³-hybridized carbons (Fsp3) is 0.733. The van der Waals surface area contributed by atoms with Crippen LogP contribution in [0.25, 0.3) is 0 Å². The van der Waals surface area contributed by atoms with Crippen molar-refractivity contribution in [3.63, 3.8) is 0 Å². The highest BCUT2D eigenvalue weighted by molar-refractivity contribution is 7.89. The van der Waals surface area contributed by atoms with Crippen LogP contribution >= 0.6 is 0 Å². The van der Waals surface area contributed by atoms with Crippen molar-refractivity contribution in [1.29, 1.82) is 0 Å². The van der Waals surface area contributed by atoms with Gasteiger partial charge in [0.2, 0.25) is 10.0 Å². The first-order valence-electron chi connectivity index (χ1n) is 7.72. The van der Waals surface area contributed by atoms with Crippen LogP contribution in [-0.4, -0.2) is 36.9 Å². The number of nitrogens with one attached hydrogen (secondary N) is 1. The molecule has 6 heteroatoms. The predicted octanol–water partition coefficient (Wildman–Crippen LogP) is 1.94. The van der Waals surface area contributed by atoms with E-state index < -0.39 is 10.0 Å². The molecular weight excluding hydrogens is 286 g/mol. The Morgan fingerprint density at radius 2 is 2.14 bits per heavy atom. The molecule has 1 aromatic rings. The van der Waals surface area contributed by atoms with E-state index in [1.54, 1.807) is 19.3 Å². The Morgan fingerprint density at radius 3 is 2.71 bits per heavy atom. The summed E-state index contributed by atoms with van der Waals surface area (Å²) in [6, 6.07) is 1.87. The molecule has 1 atom stereocenters. The molecule has 0 radical (unpaired) electrons. The summed E-state index contributed by atoms with van der Waals surface area (Å²) < 4.78 is 28.8. The largest absolute Gasteiger partial charge is 0.352 e. The van der Waals surface area contributed by atoms with Crippen LogP contribution in [0.5, 0.6) is 0 Å². The average Bonchev–Trinajstić information content (AvgIpc) is 3.22. The SMILES string of the molecule is CCCNCc1cc(S(=O)(=O)N(C)C(C)C2CC2)cn1C. The summed E-state index contributed by atoms with van der Waals surface area (Å²) in [6.07, 6.45) is 5.07. The molecule has 120 valence electrons. The lowest BCUT2D eigenvalue weighted by molar-refractivity contribution is 0.357. The molecule has 1 aliphatic rings. The van der Waals surface area contributed by atoms with Crippen molar-refractivity contribution in [1.82, 2.24) is 14.2 Å². The van der Waals surface area contributed by atoms with Crippen molar-refractivity contribution < 1.29 is 8.42 Å². The highest BCUT2D eigenvalue weighted by Crippen LogP contribution is 2.36. The van der Waals surface area contributed by atoms with Crippen LogP contribution in [-0.2, 0) is 23.6 Å². The van der Waals surface area contributed by atoms with Gasteiger partial charge < -0.3 is 9.88 Å². The lowest BCUT2D eigenvalue weighted by atomic mass is 10.2. The smallest absolute Gasteiger partial charge is 0.244 e. The molecule has 0 bridgehead atoms. The van der Waals surface area contributed by atoms with E-state index in [9.17, 15) is 8.42 Å². The third kappa shape index (κ3) is 3.67. The van der Waals surface area contributed by atoms with E-state index in [1.807, 2.05) is 18.5 Å². The summed E-state index contributed by atoms with van der Waals surface area (Å²) in [7, 11) is 0.199. The van der Waals surface area contributed by atoms with Gasteiger partial charge in [0.05, 0.1) is 0 Å². The van der Waals surface area contributed by atoms with Crippen LogP contribution in [0.2, 0.25) is 0 Å². The minimum absolute atomic E-state index is 0.0804. The first-order chi connectivity index (χ1) is 9.87. The van der Waals surface area contributed by atoms with Gasteiger partial charge >= 0.3 is 0 Å². The first kappa shape index (κ1) is 16.5. The third-order valence-electron chi connectivity index (χ3n) is 4.37. The summed E-state index contributed by atoms with van der Waals surface area (Å²) in [6.45, 7) is 5.75. The number of aryl methyl sites for hydroxylation is 1. The molecule has 1 saturated carbocycles. The minimum atomic E-state index is -3.39. The maximum atomic E-state index is 12.7. The molecular formula is C15H27N3O2S. The summed E-state index contributed by atoms with van der Waals surface area (Å²) >= 11 is 0. The normalized spacial score (nSPS) is 17.4. The molecule has 0 amide bonds. The van der Waals surface area contributed by atoms with Crippen molar-refractivity contribution in [2.45, 2.75) is 50.6 Å². The molecule has 0 aromatic carbocycles. The average molecular weight is 313 g/mol. The van der Waals surface area contributed by atoms with E-state index in [0.717, 1.165) is 31.5 Å². The lowest BCUT2D eigenvalue weighted by Gasteiger charge is -2.23. The second kappa shape index (κ2) is 6.50. The number of sulfonamides is 1. The second-order valence-corrected chi connectivity index (χ2v) is 8.05. The van der Waals surface area contributed by atoms with Gasteiger partial charge in [0.1, 0.15) is 4.90 Å². The van der Waals surface area contributed by atoms with Crippen LogP contribution < -0.4 is 5.32 Å². The number of hydrogen-bond donors (Lipinski definition) is 1. The Morgan fingerprint density at radius 1 is 1.48 bits per heavy atom. The molecule has 1 heterocycles. The molecule has 1 aromatic heterocycles. The van der Waals surface area contributed by atoms with Gasteiger partial charge in [-0.05, 0) is 44.7 Å². The Bertz CT molecular complexity index is 576. The molecule has 0 aliphatic heterocycles. The molecule has 1 N–H and O–H groups in total. The van der Waals surface area contributed by atoms with Gasteiger partial charge in [-0.25, -0.2) is 8.42 Å². The molecule has 0 saturated heterocycles. The summed E-state index contributed by atoms with van der Waals surface area (Å²) in [4.78, 5) is 0.397. The highest BCUT2D eigenvalue weighted by atomic mass is 32.2. The maximum absolute atomic E-state index is 12.7.